The maximum atomic E-state index is 12.2. The summed E-state index contributed by atoms with van der Waals surface area (Å²) in [5.41, 5.74) is 8.61. The number of nitrogens with two attached hydrogens (primary N) is 1. The topological polar surface area (TPSA) is 105 Å². The van der Waals surface area contributed by atoms with Gasteiger partial charge in [0.25, 0.3) is 0 Å². The van der Waals surface area contributed by atoms with Crippen molar-refractivity contribution in [1.29, 1.82) is 0 Å². The number of esters is 1. The highest BCUT2D eigenvalue weighted by Gasteiger charge is 2.16. The Balaban J connectivity index is 1.33. The number of rotatable bonds is 8. The number of carbonyl (C=O) groups is 1. The van der Waals surface area contributed by atoms with Crippen LogP contribution in [0.3, 0.4) is 0 Å². The second-order valence-corrected chi connectivity index (χ2v) is 6.86. The molecule has 2 N–H and O–H groups in total. The summed E-state index contributed by atoms with van der Waals surface area (Å²) in [4.78, 5) is 12.2. The van der Waals surface area contributed by atoms with E-state index in [4.69, 9.17) is 15.2 Å². The predicted octanol–water partition coefficient (Wildman–Crippen LogP) is 3.07. The minimum Gasteiger partial charge on any atom is -0.460 e. The lowest BCUT2D eigenvalue weighted by molar-refractivity contribution is -0.146. The molecule has 4 rings (SSSR count). The molecule has 156 valence electrons. The third-order valence-corrected chi connectivity index (χ3v) is 4.56. The number of hydrogen-bond acceptors (Lipinski definition) is 7. The van der Waals surface area contributed by atoms with E-state index in [1.807, 2.05) is 72.8 Å². The van der Waals surface area contributed by atoms with Crippen molar-refractivity contribution in [3.63, 3.8) is 0 Å². The molecule has 1 heterocycles. The zero-order chi connectivity index (χ0) is 21.5. The summed E-state index contributed by atoms with van der Waals surface area (Å²) in [5, 5.41) is 11.6. The first-order chi connectivity index (χ1) is 15.2. The zero-order valence-corrected chi connectivity index (χ0v) is 16.7. The SMILES string of the molecule is N[C@@H](Cc1ccc(Oc2nnnn2-c2ccccc2)cc1)C(=O)OCc1ccccc1. The summed E-state index contributed by atoms with van der Waals surface area (Å²) in [6, 6.07) is 25.7. The van der Waals surface area contributed by atoms with Gasteiger partial charge in [-0.3, -0.25) is 4.79 Å². The van der Waals surface area contributed by atoms with Crippen molar-refractivity contribution in [1.82, 2.24) is 20.2 Å². The van der Waals surface area contributed by atoms with E-state index in [1.54, 1.807) is 12.1 Å². The zero-order valence-electron chi connectivity index (χ0n) is 16.7. The summed E-state index contributed by atoms with van der Waals surface area (Å²) in [5.74, 6) is 0.127. The smallest absolute Gasteiger partial charge is 0.345 e. The predicted molar refractivity (Wildman–Crippen MR) is 114 cm³/mol. The quantitative estimate of drug-likeness (QED) is 0.441. The van der Waals surface area contributed by atoms with Crippen LogP contribution in [0, 0.1) is 0 Å². The van der Waals surface area contributed by atoms with Gasteiger partial charge in [-0.25, -0.2) is 0 Å². The lowest BCUT2D eigenvalue weighted by Crippen LogP contribution is -2.34. The first kappa shape index (κ1) is 20.2. The molecular weight excluding hydrogens is 394 g/mol. The standard InChI is InChI=1S/C23H21N5O3/c24-21(22(29)30-16-18-7-3-1-4-8-18)15-17-11-13-20(14-12-17)31-23-25-26-27-28(23)19-9-5-2-6-10-19/h1-14,21H,15-16,24H2/t21-/m0/s1. The second kappa shape index (κ2) is 9.64. The first-order valence-electron chi connectivity index (χ1n) is 9.76. The molecule has 0 saturated heterocycles. The Morgan fingerprint density at radius 1 is 0.903 bits per heavy atom. The van der Waals surface area contributed by atoms with Gasteiger partial charge in [0.1, 0.15) is 18.4 Å². The summed E-state index contributed by atoms with van der Waals surface area (Å²) < 4.78 is 12.6. The number of benzene rings is 3. The van der Waals surface area contributed by atoms with Crippen molar-refractivity contribution in [2.45, 2.75) is 19.1 Å². The van der Waals surface area contributed by atoms with Gasteiger partial charge in [0.2, 0.25) is 0 Å². The van der Waals surface area contributed by atoms with Gasteiger partial charge in [-0.1, -0.05) is 65.8 Å². The van der Waals surface area contributed by atoms with Crippen LogP contribution in [0.1, 0.15) is 11.1 Å². The maximum Gasteiger partial charge on any atom is 0.345 e. The van der Waals surface area contributed by atoms with Crippen LogP contribution in [0.4, 0.5) is 0 Å². The molecule has 0 saturated carbocycles. The third-order valence-electron chi connectivity index (χ3n) is 4.56. The summed E-state index contributed by atoms with van der Waals surface area (Å²) in [6.45, 7) is 0.205. The van der Waals surface area contributed by atoms with Crippen molar-refractivity contribution in [2.24, 2.45) is 5.73 Å². The minimum atomic E-state index is -0.749. The third kappa shape index (κ3) is 5.31. The summed E-state index contributed by atoms with van der Waals surface area (Å²) >= 11 is 0. The van der Waals surface area contributed by atoms with Crippen LogP contribution in [-0.4, -0.2) is 32.2 Å². The molecule has 0 aliphatic carbocycles. The highest BCUT2D eigenvalue weighted by molar-refractivity contribution is 5.75. The Kier molecular flexibility index (Phi) is 6.29. The fourth-order valence-electron chi connectivity index (χ4n) is 2.95. The average Bonchev–Trinajstić information content (AvgIpc) is 3.28. The molecule has 0 aliphatic rings. The Morgan fingerprint density at radius 3 is 2.29 bits per heavy atom. The largest absolute Gasteiger partial charge is 0.460 e. The molecule has 31 heavy (non-hydrogen) atoms. The van der Waals surface area contributed by atoms with E-state index in [0.29, 0.717) is 12.2 Å². The van der Waals surface area contributed by atoms with Gasteiger partial charge in [0.15, 0.2) is 0 Å². The molecule has 4 aromatic rings. The van der Waals surface area contributed by atoms with E-state index in [1.165, 1.54) is 4.68 Å². The van der Waals surface area contributed by atoms with Gasteiger partial charge in [0.05, 0.1) is 5.69 Å². The summed E-state index contributed by atoms with van der Waals surface area (Å²) in [7, 11) is 0. The molecule has 1 atom stereocenters. The van der Waals surface area contributed by atoms with Gasteiger partial charge < -0.3 is 15.2 Å². The molecule has 1 aromatic heterocycles. The second-order valence-electron chi connectivity index (χ2n) is 6.86. The van der Waals surface area contributed by atoms with E-state index < -0.39 is 12.0 Å². The van der Waals surface area contributed by atoms with Gasteiger partial charge in [0, 0.05) is 0 Å². The molecule has 0 bridgehead atoms. The number of ether oxygens (including phenoxy) is 2. The lowest BCUT2D eigenvalue weighted by Gasteiger charge is -2.12. The van der Waals surface area contributed by atoms with E-state index in [2.05, 4.69) is 15.5 Å². The molecule has 0 aliphatic heterocycles. The number of aromatic nitrogens is 4. The normalized spacial score (nSPS) is 11.6. The Morgan fingerprint density at radius 2 is 1.58 bits per heavy atom. The molecule has 0 spiro atoms. The van der Waals surface area contributed by atoms with Crippen molar-refractivity contribution in [3.05, 3.63) is 96.1 Å². The van der Waals surface area contributed by atoms with Crippen LogP contribution in [0.25, 0.3) is 5.69 Å². The van der Waals surface area contributed by atoms with E-state index in [-0.39, 0.29) is 12.6 Å². The van der Waals surface area contributed by atoms with Crippen LogP contribution in [0.2, 0.25) is 0 Å². The lowest BCUT2D eigenvalue weighted by atomic mass is 10.1. The number of carbonyl (C=O) groups excluding carboxylic acids is 1. The van der Waals surface area contributed by atoms with E-state index in [0.717, 1.165) is 16.8 Å². The van der Waals surface area contributed by atoms with Crippen molar-refractivity contribution >= 4 is 5.97 Å². The molecule has 0 unspecified atom stereocenters. The number of hydrogen-bond donors (Lipinski definition) is 1. The summed E-state index contributed by atoms with van der Waals surface area (Å²) in [6.07, 6.45) is 0.357. The van der Waals surface area contributed by atoms with Gasteiger partial charge in [-0.2, -0.15) is 4.68 Å². The molecule has 8 nitrogen and oxygen atoms in total. The molecule has 0 radical (unpaired) electrons. The molecular formula is C23H21N5O3. The van der Waals surface area contributed by atoms with Crippen LogP contribution < -0.4 is 10.5 Å². The fourth-order valence-corrected chi connectivity index (χ4v) is 2.95. The van der Waals surface area contributed by atoms with Crippen LogP contribution in [-0.2, 0) is 22.6 Å². The minimum absolute atomic E-state index is 0.205. The highest BCUT2D eigenvalue weighted by atomic mass is 16.5. The average molecular weight is 415 g/mol. The number of para-hydroxylation sites is 1. The Labute approximate surface area is 179 Å². The first-order valence-corrected chi connectivity index (χ1v) is 9.76. The van der Waals surface area contributed by atoms with Crippen molar-refractivity contribution < 1.29 is 14.3 Å². The van der Waals surface area contributed by atoms with Crippen molar-refractivity contribution in [3.8, 4) is 17.4 Å². The Bertz CT molecular complexity index is 1110. The fraction of sp³-hybridized carbons (Fsp3) is 0.130. The number of nitrogens with zero attached hydrogens (tertiary/aromatic N) is 4. The number of tetrazole rings is 1. The Hall–Kier alpha value is -4.04. The van der Waals surface area contributed by atoms with Crippen molar-refractivity contribution in [2.75, 3.05) is 0 Å². The van der Waals surface area contributed by atoms with Crippen LogP contribution in [0.5, 0.6) is 11.8 Å². The van der Waals surface area contributed by atoms with Gasteiger partial charge in [-0.15, -0.1) is 0 Å². The van der Waals surface area contributed by atoms with E-state index in [9.17, 15) is 4.79 Å². The molecule has 8 heteroatoms. The van der Waals surface area contributed by atoms with Gasteiger partial charge in [-0.05, 0) is 52.2 Å². The molecule has 0 amide bonds. The van der Waals surface area contributed by atoms with Gasteiger partial charge >= 0.3 is 12.0 Å². The van der Waals surface area contributed by atoms with Crippen LogP contribution in [0.15, 0.2) is 84.9 Å². The van der Waals surface area contributed by atoms with E-state index >= 15 is 0 Å². The maximum absolute atomic E-state index is 12.2. The highest BCUT2D eigenvalue weighted by Crippen LogP contribution is 2.21. The monoisotopic (exact) mass is 415 g/mol. The molecule has 0 fully saturated rings. The molecule has 3 aromatic carbocycles. The van der Waals surface area contributed by atoms with Crippen LogP contribution >= 0.6 is 0 Å².